The first-order valence-electron chi connectivity index (χ1n) is 9.17. The maximum absolute atomic E-state index is 12.7. The fraction of sp³-hybridized carbons (Fsp3) is 0.300. The van der Waals surface area contributed by atoms with Crippen LogP contribution in [0.4, 0.5) is 22.3 Å². The first-order valence-corrected chi connectivity index (χ1v) is 10.9. The van der Waals surface area contributed by atoms with Gasteiger partial charge in [0.25, 0.3) is 0 Å². The number of hydrogen-bond acceptors (Lipinski definition) is 8. The number of likely N-dealkylation sites (N-methyl/N-ethyl adjacent to an activating group) is 1. The number of anilines is 4. The zero-order valence-corrected chi connectivity index (χ0v) is 17.6. The van der Waals surface area contributed by atoms with Gasteiger partial charge >= 0.3 is 0 Å². The highest BCUT2D eigenvalue weighted by atomic mass is 32.1. The van der Waals surface area contributed by atoms with E-state index in [-0.39, 0.29) is 11.6 Å². The number of benzene rings is 1. The SMILES string of the molecule is Cc1ccsc1C(=O)c1sc(Nc2ccc(N3CCN(C)CC3)cc2)nc1N. The molecule has 0 aliphatic carbocycles. The molecule has 146 valence electrons. The monoisotopic (exact) mass is 413 g/mol. The molecule has 0 bridgehead atoms. The third-order valence-electron chi connectivity index (χ3n) is 4.91. The van der Waals surface area contributed by atoms with Gasteiger partial charge < -0.3 is 20.9 Å². The Morgan fingerprint density at radius 1 is 1.11 bits per heavy atom. The Kier molecular flexibility index (Phi) is 5.34. The summed E-state index contributed by atoms with van der Waals surface area (Å²) in [6, 6.07) is 10.2. The second-order valence-corrected chi connectivity index (χ2v) is 8.87. The van der Waals surface area contributed by atoms with Gasteiger partial charge in [-0.3, -0.25) is 4.79 Å². The molecule has 2 aromatic heterocycles. The number of thiophene rings is 1. The first kappa shape index (κ1) is 18.9. The molecule has 8 heteroatoms. The fourth-order valence-electron chi connectivity index (χ4n) is 3.20. The fourth-order valence-corrected chi connectivity index (χ4v) is 4.99. The summed E-state index contributed by atoms with van der Waals surface area (Å²) >= 11 is 2.73. The van der Waals surface area contributed by atoms with Crippen molar-refractivity contribution >= 4 is 50.8 Å². The molecule has 0 saturated carbocycles. The molecule has 6 nitrogen and oxygen atoms in total. The zero-order chi connectivity index (χ0) is 19.7. The molecule has 28 heavy (non-hydrogen) atoms. The van der Waals surface area contributed by atoms with Gasteiger partial charge in [0.2, 0.25) is 5.78 Å². The van der Waals surface area contributed by atoms with Crippen molar-refractivity contribution < 1.29 is 4.79 Å². The highest BCUT2D eigenvalue weighted by Gasteiger charge is 2.20. The van der Waals surface area contributed by atoms with Crippen LogP contribution in [0.1, 0.15) is 20.1 Å². The average molecular weight is 414 g/mol. The second kappa shape index (κ2) is 7.90. The molecular weight excluding hydrogens is 390 g/mol. The van der Waals surface area contributed by atoms with Crippen LogP contribution in [-0.4, -0.2) is 48.9 Å². The molecule has 1 aromatic carbocycles. The average Bonchev–Trinajstić information content (AvgIpc) is 3.28. The van der Waals surface area contributed by atoms with Crippen LogP contribution in [0.3, 0.4) is 0 Å². The van der Waals surface area contributed by atoms with Crippen LogP contribution in [0.25, 0.3) is 0 Å². The molecule has 1 fully saturated rings. The summed E-state index contributed by atoms with van der Waals surface area (Å²) in [6.45, 7) is 6.18. The van der Waals surface area contributed by atoms with Crippen LogP contribution in [0.5, 0.6) is 0 Å². The first-order chi connectivity index (χ1) is 13.5. The minimum absolute atomic E-state index is 0.0547. The number of carbonyl (C=O) groups excluding carboxylic acids is 1. The van der Waals surface area contributed by atoms with E-state index in [9.17, 15) is 4.79 Å². The second-order valence-electron chi connectivity index (χ2n) is 6.96. The number of nitrogens with zero attached hydrogens (tertiary/aromatic N) is 3. The molecule has 0 amide bonds. The summed E-state index contributed by atoms with van der Waals surface area (Å²) in [6.07, 6.45) is 0. The Hall–Kier alpha value is -2.42. The molecule has 3 N–H and O–H groups in total. The van der Waals surface area contributed by atoms with E-state index in [0.717, 1.165) is 42.3 Å². The molecule has 0 spiro atoms. The lowest BCUT2D eigenvalue weighted by Gasteiger charge is -2.34. The molecule has 3 heterocycles. The highest BCUT2D eigenvalue weighted by Crippen LogP contribution is 2.32. The van der Waals surface area contributed by atoms with Crippen molar-refractivity contribution in [3.05, 3.63) is 51.0 Å². The van der Waals surface area contributed by atoms with Crippen molar-refractivity contribution in [3.8, 4) is 0 Å². The minimum atomic E-state index is -0.0547. The number of thiazole rings is 1. The predicted octanol–water partition coefficient (Wildman–Crippen LogP) is 3.82. The summed E-state index contributed by atoms with van der Waals surface area (Å²) in [5.74, 6) is 0.223. The minimum Gasteiger partial charge on any atom is -0.382 e. The number of hydrogen-bond donors (Lipinski definition) is 2. The van der Waals surface area contributed by atoms with Gasteiger partial charge in [0.15, 0.2) is 5.13 Å². The Labute approximate surface area is 172 Å². The number of nitrogens with one attached hydrogen (secondary N) is 1. The number of nitrogen functional groups attached to an aromatic ring is 1. The smallest absolute Gasteiger partial charge is 0.217 e. The van der Waals surface area contributed by atoms with E-state index < -0.39 is 0 Å². The molecule has 0 unspecified atom stereocenters. The maximum atomic E-state index is 12.7. The molecule has 0 atom stereocenters. The van der Waals surface area contributed by atoms with Crippen LogP contribution in [-0.2, 0) is 0 Å². The van der Waals surface area contributed by atoms with Crippen molar-refractivity contribution in [2.45, 2.75) is 6.92 Å². The van der Waals surface area contributed by atoms with E-state index in [4.69, 9.17) is 5.73 Å². The van der Waals surface area contributed by atoms with Gasteiger partial charge in [-0.05, 0) is 55.2 Å². The molecule has 4 rings (SSSR count). The van der Waals surface area contributed by atoms with Crippen LogP contribution >= 0.6 is 22.7 Å². The van der Waals surface area contributed by atoms with E-state index in [0.29, 0.717) is 10.0 Å². The van der Waals surface area contributed by atoms with Gasteiger partial charge in [-0.15, -0.1) is 11.3 Å². The van der Waals surface area contributed by atoms with Crippen molar-refractivity contribution in [1.29, 1.82) is 0 Å². The van der Waals surface area contributed by atoms with E-state index in [2.05, 4.69) is 39.3 Å². The largest absolute Gasteiger partial charge is 0.382 e. The predicted molar refractivity (Wildman–Crippen MR) is 118 cm³/mol. The van der Waals surface area contributed by atoms with Crippen LogP contribution in [0, 0.1) is 6.92 Å². The topological polar surface area (TPSA) is 74.5 Å². The van der Waals surface area contributed by atoms with Crippen molar-refractivity contribution in [1.82, 2.24) is 9.88 Å². The van der Waals surface area contributed by atoms with E-state index >= 15 is 0 Å². The lowest BCUT2D eigenvalue weighted by molar-refractivity contribution is 0.104. The quantitative estimate of drug-likeness (QED) is 0.620. The van der Waals surface area contributed by atoms with Gasteiger partial charge in [0.05, 0.1) is 4.88 Å². The number of aromatic nitrogens is 1. The third-order valence-corrected chi connectivity index (χ3v) is 6.92. The summed E-state index contributed by atoms with van der Waals surface area (Å²) < 4.78 is 0. The number of nitrogens with two attached hydrogens (primary N) is 1. The Balaban J connectivity index is 1.46. The molecule has 1 aliphatic rings. The normalized spacial score (nSPS) is 15.0. The van der Waals surface area contributed by atoms with E-state index in [1.54, 1.807) is 0 Å². The molecule has 1 saturated heterocycles. The summed E-state index contributed by atoms with van der Waals surface area (Å²) in [7, 11) is 2.16. The number of rotatable bonds is 5. The number of piperazine rings is 1. The van der Waals surface area contributed by atoms with Gasteiger partial charge in [-0.25, -0.2) is 4.98 Å². The van der Waals surface area contributed by atoms with Gasteiger partial charge in [0, 0.05) is 37.6 Å². The zero-order valence-electron chi connectivity index (χ0n) is 15.9. The molecule has 0 radical (unpaired) electrons. The summed E-state index contributed by atoms with van der Waals surface area (Å²) in [5.41, 5.74) is 9.14. The lowest BCUT2D eigenvalue weighted by atomic mass is 10.2. The van der Waals surface area contributed by atoms with Crippen molar-refractivity contribution in [2.75, 3.05) is 49.2 Å². The maximum Gasteiger partial charge on any atom is 0.217 e. The van der Waals surface area contributed by atoms with E-state index in [1.807, 2.05) is 30.5 Å². The number of carbonyl (C=O) groups is 1. The van der Waals surface area contributed by atoms with Crippen molar-refractivity contribution in [2.24, 2.45) is 0 Å². The Morgan fingerprint density at radius 2 is 1.82 bits per heavy atom. The van der Waals surface area contributed by atoms with Gasteiger partial charge in [-0.1, -0.05) is 11.3 Å². The molecule has 3 aromatic rings. The Morgan fingerprint density at radius 3 is 2.46 bits per heavy atom. The lowest BCUT2D eigenvalue weighted by Crippen LogP contribution is -2.44. The van der Waals surface area contributed by atoms with Crippen LogP contribution < -0.4 is 16.0 Å². The van der Waals surface area contributed by atoms with Crippen molar-refractivity contribution in [3.63, 3.8) is 0 Å². The van der Waals surface area contributed by atoms with E-state index in [1.165, 1.54) is 28.4 Å². The van der Waals surface area contributed by atoms with Gasteiger partial charge in [0.1, 0.15) is 10.7 Å². The standard InChI is InChI=1S/C20H23N5OS2/c1-13-7-12-27-17(13)16(26)18-19(21)23-20(28-18)22-14-3-5-15(6-4-14)25-10-8-24(2)9-11-25/h3-7,12H,8-11,21H2,1-2H3,(H,22,23). The summed E-state index contributed by atoms with van der Waals surface area (Å²) in [4.78, 5) is 23.0. The summed E-state index contributed by atoms with van der Waals surface area (Å²) in [5, 5.41) is 5.81. The molecule has 1 aliphatic heterocycles. The number of ketones is 1. The van der Waals surface area contributed by atoms with Gasteiger partial charge in [-0.2, -0.15) is 0 Å². The highest BCUT2D eigenvalue weighted by molar-refractivity contribution is 7.19. The van der Waals surface area contributed by atoms with Crippen LogP contribution in [0.2, 0.25) is 0 Å². The third kappa shape index (κ3) is 3.89. The molecular formula is C20H23N5OS2. The van der Waals surface area contributed by atoms with Crippen LogP contribution in [0.15, 0.2) is 35.7 Å². The Bertz CT molecular complexity index is 971. The number of aryl methyl sites for hydroxylation is 1.